The SMILES string of the molecule is Cc1ccc(C(N)C(=O)N2C[C@@H](CN)[C@H](c3ccccc3)C2)cc1. The number of rotatable bonds is 4. The van der Waals surface area contributed by atoms with Crippen LogP contribution in [0.2, 0.25) is 0 Å². The van der Waals surface area contributed by atoms with Gasteiger partial charge in [0.25, 0.3) is 0 Å². The molecule has 2 aromatic rings. The number of hydrogen-bond donors (Lipinski definition) is 2. The standard InChI is InChI=1S/C20H25N3O/c1-14-7-9-16(10-8-14)19(22)20(24)23-12-17(11-21)18(13-23)15-5-3-2-4-6-15/h2-10,17-19H,11-13,21-22H2,1H3/t17-,18+,19?/m1/s1. The zero-order chi connectivity index (χ0) is 17.1. The van der Waals surface area contributed by atoms with Crippen LogP contribution in [-0.2, 0) is 4.79 Å². The van der Waals surface area contributed by atoms with Crippen LogP contribution in [0.4, 0.5) is 0 Å². The number of nitrogens with zero attached hydrogens (tertiary/aromatic N) is 1. The largest absolute Gasteiger partial charge is 0.340 e. The zero-order valence-corrected chi connectivity index (χ0v) is 14.1. The molecule has 1 aliphatic rings. The Morgan fingerprint density at radius 1 is 1.12 bits per heavy atom. The number of nitrogens with two attached hydrogens (primary N) is 2. The van der Waals surface area contributed by atoms with Crippen molar-refractivity contribution in [2.45, 2.75) is 18.9 Å². The molecule has 2 aromatic carbocycles. The molecule has 1 unspecified atom stereocenters. The highest BCUT2D eigenvalue weighted by Gasteiger charge is 2.36. The number of hydrogen-bond acceptors (Lipinski definition) is 3. The Balaban J connectivity index is 1.75. The summed E-state index contributed by atoms with van der Waals surface area (Å²) >= 11 is 0. The van der Waals surface area contributed by atoms with E-state index in [0.717, 1.165) is 11.1 Å². The molecule has 0 bridgehead atoms. The summed E-state index contributed by atoms with van der Waals surface area (Å²) < 4.78 is 0. The molecule has 0 aliphatic carbocycles. The Labute approximate surface area is 143 Å². The molecule has 4 nitrogen and oxygen atoms in total. The maximum Gasteiger partial charge on any atom is 0.244 e. The maximum atomic E-state index is 12.8. The van der Waals surface area contributed by atoms with Gasteiger partial charge in [0.05, 0.1) is 0 Å². The van der Waals surface area contributed by atoms with E-state index in [0.29, 0.717) is 19.6 Å². The van der Waals surface area contributed by atoms with Crippen LogP contribution in [-0.4, -0.2) is 30.4 Å². The lowest BCUT2D eigenvalue weighted by Gasteiger charge is -2.21. The molecule has 3 rings (SSSR count). The summed E-state index contributed by atoms with van der Waals surface area (Å²) in [6, 6.07) is 17.5. The van der Waals surface area contributed by atoms with Crippen molar-refractivity contribution >= 4 is 5.91 Å². The minimum absolute atomic E-state index is 0.0178. The molecule has 1 heterocycles. The number of benzene rings is 2. The van der Waals surface area contributed by atoms with Crippen molar-refractivity contribution in [3.8, 4) is 0 Å². The highest BCUT2D eigenvalue weighted by molar-refractivity contribution is 5.83. The predicted octanol–water partition coefficient (Wildman–Crippen LogP) is 2.20. The molecule has 24 heavy (non-hydrogen) atoms. The van der Waals surface area contributed by atoms with Gasteiger partial charge in [-0.25, -0.2) is 0 Å². The summed E-state index contributed by atoms with van der Waals surface area (Å²) in [5.41, 5.74) is 15.4. The second-order valence-electron chi connectivity index (χ2n) is 6.64. The zero-order valence-electron chi connectivity index (χ0n) is 14.1. The van der Waals surface area contributed by atoms with E-state index in [1.54, 1.807) is 0 Å². The third kappa shape index (κ3) is 3.35. The van der Waals surface area contributed by atoms with Gasteiger partial charge in [-0.15, -0.1) is 0 Å². The van der Waals surface area contributed by atoms with E-state index in [9.17, 15) is 4.79 Å². The van der Waals surface area contributed by atoms with Gasteiger partial charge in [0.2, 0.25) is 5.91 Å². The fraction of sp³-hybridized carbons (Fsp3) is 0.350. The molecule has 0 spiro atoms. The second kappa shape index (κ2) is 7.16. The fourth-order valence-corrected chi connectivity index (χ4v) is 3.48. The van der Waals surface area contributed by atoms with Gasteiger partial charge in [0.1, 0.15) is 6.04 Å². The van der Waals surface area contributed by atoms with Crippen LogP contribution in [0.1, 0.15) is 28.7 Å². The lowest BCUT2D eigenvalue weighted by molar-refractivity contribution is -0.131. The third-order valence-electron chi connectivity index (χ3n) is 4.99. The number of aryl methyl sites for hydroxylation is 1. The van der Waals surface area contributed by atoms with Crippen LogP contribution in [0.5, 0.6) is 0 Å². The Morgan fingerprint density at radius 3 is 2.42 bits per heavy atom. The van der Waals surface area contributed by atoms with Crippen molar-refractivity contribution in [1.82, 2.24) is 4.90 Å². The quantitative estimate of drug-likeness (QED) is 0.906. The summed E-state index contributed by atoms with van der Waals surface area (Å²) in [4.78, 5) is 14.7. The molecule has 0 aromatic heterocycles. The van der Waals surface area contributed by atoms with Gasteiger partial charge in [-0.1, -0.05) is 60.2 Å². The van der Waals surface area contributed by atoms with E-state index >= 15 is 0 Å². The average molecular weight is 323 g/mol. The Kier molecular flexibility index (Phi) is 4.97. The van der Waals surface area contributed by atoms with Gasteiger partial charge in [0.15, 0.2) is 0 Å². The Morgan fingerprint density at radius 2 is 1.79 bits per heavy atom. The number of carbonyl (C=O) groups excluding carboxylic acids is 1. The van der Waals surface area contributed by atoms with Crippen molar-refractivity contribution < 1.29 is 4.79 Å². The maximum absolute atomic E-state index is 12.8. The van der Waals surface area contributed by atoms with Gasteiger partial charge in [-0.05, 0) is 30.5 Å². The molecule has 4 heteroatoms. The number of amides is 1. The van der Waals surface area contributed by atoms with Gasteiger partial charge in [0, 0.05) is 19.0 Å². The monoisotopic (exact) mass is 323 g/mol. The molecule has 3 atom stereocenters. The lowest BCUT2D eigenvalue weighted by atomic mass is 9.89. The molecule has 0 radical (unpaired) electrons. The predicted molar refractivity (Wildman–Crippen MR) is 96.4 cm³/mol. The first-order chi connectivity index (χ1) is 11.6. The Hall–Kier alpha value is -2.17. The molecule has 1 fully saturated rings. The summed E-state index contributed by atoms with van der Waals surface area (Å²) in [6.07, 6.45) is 0. The molecule has 0 saturated carbocycles. The minimum atomic E-state index is -0.612. The number of carbonyl (C=O) groups is 1. The highest BCUT2D eigenvalue weighted by atomic mass is 16.2. The van der Waals surface area contributed by atoms with Crippen LogP contribution in [0.15, 0.2) is 54.6 Å². The second-order valence-corrected chi connectivity index (χ2v) is 6.64. The van der Waals surface area contributed by atoms with Gasteiger partial charge in [-0.3, -0.25) is 4.79 Å². The van der Waals surface area contributed by atoms with Gasteiger partial charge < -0.3 is 16.4 Å². The molecule has 1 saturated heterocycles. The molecule has 126 valence electrons. The smallest absolute Gasteiger partial charge is 0.244 e. The van der Waals surface area contributed by atoms with Crippen molar-refractivity contribution in [3.05, 3.63) is 71.3 Å². The topological polar surface area (TPSA) is 72.4 Å². The first-order valence-corrected chi connectivity index (χ1v) is 8.46. The van der Waals surface area contributed by atoms with Crippen LogP contribution < -0.4 is 11.5 Å². The summed E-state index contributed by atoms with van der Waals surface area (Å²) in [5.74, 6) is 0.544. The molecule has 4 N–H and O–H groups in total. The molecule has 1 aliphatic heterocycles. The van der Waals surface area contributed by atoms with E-state index in [1.165, 1.54) is 5.56 Å². The summed E-state index contributed by atoms with van der Waals surface area (Å²) in [7, 11) is 0. The van der Waals surface area contributed by atoms with E-state index in [1.807, 2.05) is 54.3 Å². The summed E-state index contributed by atoms with van der Waals surface area (Å²) in [5, 5.41) is 0. The van der Waals surface area contributed by atoms with E-state index in [2.05, 4.69) is 12.1 Å². The normalized spacial score (nSPS) is 21.7. The van der Waals surface area contributed by atoms with Crippen LogP contribution in [0.3, 0.4) is 0 Å². The van der Waals surface area contributed by atoms with Crippen molar-refractivity contribution in [2.24, 2.45) is 17.4 Å². The Bertz CT molecular complexity index is 684. The first kappa shape index (κ1) is 16.7. The van der Waals surface area contributed by atoms with Gasteiger partial charge >= 0.3 is 0 Å². The van der Waals surface area contributed by atoms with Crippen LogP contribution in [0.25, 0.3) is 0 Å². The number of likely N-dealkylation sites (tertiary alicyclic amines) is 1. The van der Waals surface area contributed by atoms with Crippen LogP contribution >= 0.6 is 0 Å². The highest BCUT2D eigenvalue weighted by Crippen LogP contribution is 2.33. The lowest BCUT2D eigenvalue weighted by Crippen LogP contribution is -2.37. The first-order valence-electron chi connectivity index (χ1n) is 8.46. The van der Waals surface area contributed by atoms with Crippen molar-refractivity contribution in [1.29, 1.82) is 0 Å². The van der Waals surface area contributed by atoms with Crippen LogP contribution in [0, 0.1) is 12.8 Å². The van der Waals surface area contributed by atoms with E-state index < -0.39 is 6.04 Å². The van der Waals surface area contributed by atoms with Crippen molar-refractivity contribution in [3.63, 3.8) is 0 Å². The van der Waals surface area contributed by atoms with E-state index in [4.69, 9.17) is 11.5 Å². The van der Waals surface area contributed by atoms with E-state index in [-0.39, 0.29) is 17.7 Å². The molecule has 1 amide bonds. The van der Waals surface area contributed by atoms with Gasteiger partial charge in [-0.2, -0.15) is 0 Å². The molecular formula is C20H25N3O. The third-order valence-corrected chi connectivity index (χ3v) is 4.99. The average Bonchev–Trinajstić information content (AvgIpc) is 3.06. The molecular weight excluding hydrogens is 298 g/mol. The van der Waals surface area contributed by atoms with Crippen molar-refractivity contribution in [2.75, 3.05) is 19.6 Å². The fourth-order valence-electron chi connectivity index (χ4n) is 3.48. The minimum Gasteiger partial charge on any atom is -0.340 e. The summed E-state index contributed by atoms with van der Waals surface area (Å²) in [6.45, 7) is 3.95.